The van der Waals surface area contributed by atoms with Crippen LogP contribution in [0, 0.1) is 5.92 Å². The zero-order valence-electron chi connectivity index (χ0n) is 10.2. The van der Waals surface area contributed by atoms with Gasteiger partial charge in [0.2, 0.25) is 0 Å². The number of nitrogens with one attached hydrogen (secondary N) is 1. The van der Waals surface area contributed by atoms with E-state index in [0.29, 0.717) is 17.9 Å². The third-order valence-corrected chi connectivity index (χ3v) is 3.86. The molecule has 2 aliphatic rings. The molecule has 1 fully saturated rings. The van der Waals surface area contributed by atoms with Crippen molar-refractivity contribution in [2.75, 3.05) is 6.54 Å². The number of aliphatic imine (C=N–C) groups is 1. The molecule has 3 N–H and O–H groups in total. The van der Waals surface area contributed by atoms with Gasteiger partial charge >= 0.3 is 0 Å². The lowest BCUT2D eigenvalue weighted by Gasteiger charge is -2.09. The van der Waals surface area contributed by atoms with Crippen LogP contribution in [0.15, 0.2) is 29.3 Å². The minimum atomic E-state index is 0.519. The summed E-state index contributed by atoms with van der Waals surface area (Å²) in [5.41, 5.74) is 8.89. The molecule has 90 valence electrons. The Morgan fingerprint density at radius 3 is 3.12 bits per heavy atom. The third-order valence-electron chi connectivity index (χ3n) is 3.86. The number of fused-ring (bicyclic) bond motifs is 3. The monoisotopic (exact) mass is 229 g/mol. The Kier molecular flexibility index (Phi) is 2.54. The van der Waals surface area contributed by atoms with E-state index in [0.717, 1.165) is 18.9 Å². The molecule has 1 saturated carbocycles. The van der Waals surface area contributed by atoms with E-state index >= 15 is 0 Å². The van der Waals surface area contributed by atoms with E-state index in [1.54, 1.807) is 0 Å². The highest BCUT2D eigenvalue weighted by molar-refractivity contribution is 5.79. The minimum absolute atomic E-state index is 0.519. The van der Waals surface area contributed by atoms with Crippen LogP contribution in [0.25, 0.3) is 0 Å². The lowest BCUT2D eigenvalue weighted by Crippen LogP contribution is -2.35. The first kappa shape index (κ1) is 10.6. The van der Waals surface area contributed by atoms with Gasteiger partial charge in [-0.3, -0.25) is 4.99 Å². The highest BCUT2D eigenvalue weighted by Crippen LogP contribution is 2.56. The number of benzene rings is 1. The average molecular weight is 229 g/mol. The van der Waals surface area contributed by atoms with Crippen molar-refractivity contribution in [1.29, 1.82) is 0 Å². The van der Waals surface area contributed by atoms with Crippen LogP contribution in [0.2, 0.25) is 0 Å². The van der Waals surface area contributed by atoms with Gasteiger partial charge in [-0.05, 0) is 29.9 Å². The molecule has 0 amide bonds. The number of rotatable bonds is 3. The van der Waals surface area contributed by atoms with Crippen molar-refractivity contribution >= 4 is 5.96 Å². The predicted molar refractivity (Wildman–Crippen MR) is 70.1 cm³/mol. The Labute approximate surface area is 102 Å². The van der Waals surface area contributed by atoms with Crippen molar-refractivity contribution in [2.24, 2.45) is 16.6 Å². The highest BCUT2D eigenvalue weighted by atomic mass is 15.1. The van der Waals surface area contributed by atoms with Crippen molar-refractivity contribution in [2.45, 2.75) is 31.7 Å². The van der Waals surface area contributed by atoms with Crippen LogP contribution in [0.5, 0.6) is 0 Å². The molecule has 0 radical (unpaired) electrons. The van der Waals surface area contributed by atoms with Gasteiger partial charge in [-0.15, -0.1) is 0 Å². The van der Waals surface area contributed by atoms with Gasteiger partial charge in [0.25, 0.3) is 0 Å². The summed E-state index contributed by atoms with van der Waals surface area (Å²) in [6.45, 7) is 2.93. The quantitative estimate of drug-likeness (QED) is 0.611. The molecule has 3 rings (SSSR count). The van der Waals surface area contributed by atoms with Crippen LogP contribution in [0.4, 0.5) is 0 Å². The van der Waals surface area contributed by atoms with Crippen molar-refractivity contribution in [3.05, 3.63) is 35.4 Å². The largest absolute Gasteiger partial charge is 0.370 e. The first-order chi connectivity index (χ1) is 8.31. The van der Waals surface area contributed by atoms with Crippen LogP contribution in [0.3, 0.4) is 0 Å². The van der Waals surface area contributed by atoms with Crippen LogP contribution >= 0.6 is 0 Å². The number of guanidine groups is 1. The zero-order valence-corrected chi connectivity index (χ0v) is 10.2. The molecule has 0 saturated heterocycles. The molecule has 0 heterocycles. The summed E-state index contributed by atoms with van der Waals surface area (Å²) in [6, 6.07) is 9.27. The Morgan fingerprint density at radius 1 is 1.47 bits per heavy atom. The summed E-state index contributed by atoms with van der Waals surface area (Å²) in [5, 5.41) is 3.36. The lowest BCUT2D eigenvalue weighted by molar-refractivity contribution is 0.739. The number of hydrogen-bond donors (Lipinski definition) is 2. The fourth-order valence-electron chi connectivity index (χ4n) is 3.00. The van der Waals surface area contributed by atoms with Gasteiger partial charge in [-0.25, -0.2) is 0 Å². The van der Waals surface area contributed by atoms with E-state index < -0.39 is 0 Å². The van der Waals surface area contributed by atoms with Gasteiger partial charge in [0.1, 0.15) is 0 Å². The third kappa shape index (κ3) is 1.79. The molecule has 3 atom stereocenters. The summed E-state index contributed by atoms with van der Waals surface area (Å²) >= 11 is 0. The fourth-order valence-corrected chi connectivity index (χ4v) is 3.00. The van der Waals surface area contributed by atoms with E-state index in [-0.39, 0.29) is 0 Å². The molecular formula is C14H19N3. The van der Waals surface area contributed by atoms with Crippen molar-refractivity contribution in [3.63, 3.8) is 0 Å². The Hall–Kier alpha value is -1.51. The molecule has 0 spiro atoms. The van der Waals surface area contributed by atoms with Crippen LogP contribution in [0.1, 0.15) is 30.4 Å². The summed E-state index contributed by atoms with van der Waals surface area (Å²) in [7, 11) is 0. The first-order valence-corrected chi connectivity index (χ1v) is 6.45. The zero-order chi connectivity index (χ0) is 11.8. The first-order valence-electron chi connectivity index (χ1n) is 6.45. The van der Waals surface area contributed by atoms with E-state index in [1.807, 2.05) is 0 Å². The maximum Gasteiger partial charge on any atom is 0.188 e. The molecule has 0 bridgehead atoms. The normalized spacial score (nSPS) is 29.7. The SMILES string of the molecule is CCCN=C(N)NC1C2Cc3ccccc3C21. The van der Waals surface area contributed by atoms with Crippen molar-refractivity contribution < 1.29 is 0 Å². The van der Waals surface area contributed by atoms with Gasteiger partial charge in [-0.1, -0.05) is 31.2 Å². The van der Waals surface area contributed by atoms with E-state index in [4.69, 9.17) is 5.73 Å². The Balaban J connectivity index is 1.65. The van der Waals surface area contributed by atoms with Gasteiger partial charge < -0.3 is 11.1 Å². The second-order valence-corrected chi connectivity index (χ2v) is 5.03. The molecular weight excluding hydrogens is 210 g/mol. The number of hydrogen-bond acceptors (Lipinski definition) is 1. The molecule has 3 nitrogen and oxygen atoms in total. The molecule has 3 heteroatoms. The molecule has 0 aliphatic heterocycles. The van der Waals surface area contributed by atoms with Gasteiger partial charge in [-0.2, -0.15) is 0 Å². The summed E-state index contributed by atoms with van der Waals surface area (Å²) in [4.78, 5) is 4.29. The Bertz CT molecular complexity index is 453. The lowest BCUT2D eigenvalue weighted by atomic mass is 10.1. The molecule has 3 unspecified atom stereocenters. The molecule has 1 aromatic rings. The van der Waals surface area contributed by atoms with Crippen molar-refractivity contribution in [1.82, 2.24) is 5.32 Å². The number of nitrogens with zero attached hydrogens (tertiary/aromatic N) is 1. The molecule has 17 heavy (non-hydrogen) atoms. The van der Waals surface area contributed by atoms with Crippen LogP contribution in [-0.4, -0.2) is 18.5 Å². The smallest absolute Gasteiger partial charge is 0.188 e. The Morgan fingerprint density at radius 2 is 2.29 bits per heavy atom. The topological polar surface area (TPSA) is 50.4 Å². The summed E-state index contributed by atoms with van der Waals surface area (Å²) in [5.74, 6) is 2.02. The predicted octanol–water partition coefficient (Wildman–Crippen LogP) is 1.64. The number of nitrogens with two attached hydrogens (primary N) is 1. The second-order valence-electron chi connectivity index (χ2n) is 5.03. The fraction of sp³-hybridized carbons (Fsp3) is 0.500. The summed E-state index contributed by atoms with van der Waals surface area (Å²) < 4.78 is 0. The van der Waals surface area contributed by atoms with Gasteiger partial charge in [0.15, 0.2) is 5.96 Å². The van der Waals surface area contributed by atoms with Crippen LogP contribution < -0.4 is 11.1 Å². The second kappa shape index (κ2) is 4.06. The van der Waals surface area contributed by atoms with Crippen LogP contribution in [-0.2, 0) is 6.42 Å². The van der Waals surface area contributed by atoms with E-state index in [1.165, 1.54) is 17.5 Å². The maximum absolute atomic E-state index is 5.86. The highest BCUT2D eigenvalue weighted by Gasteiger charge is 2.55. The average Bonchev–Trinajstić information content (AvgIpc) is 2.86. The van der Waals surface area contributed by atoms with E-state index in [9.17, 15) is 0 Å². The minimum Gasteiger partial charge on any atom is -0.370 e. The van der Waals surface area contributed by atoms with E-state index in [2.05, 4.69) is 41.5 Å². The molecule has 1 aromatic carbocycles. The molecule has 2 aliphatic carbocycles. The van der Waals surface area contributed by atoms with Gasteiger partial charge in [0.05, 0.1) is 0 Å². The van der Waals surface area contributed by atoms with Crippen molar-refractivity contribution in [3.8, 4) is 0 Å². The molecule has 0 aromatic heterocycles. The standard InChI is InChI=1S/C14H19N3/c1-2-7-16-14(15)17-13-11-8-9-5-3-4-6-10(9)12(11)13/h3-6,11-13H,2,7-8H2,1H3,(H3,15,16,17). The summed E-state index contributed by atoms with van der Waals surface area (Å²) in [6.07, 6.45) is 2.24. The maximum atomic E-state index is 5.86. The van der Waals surface area contributed by atoms with Gasteiger partial charge in [0, 0.05) is 18.5 Å².